The Morgan fingerprint density at radius 1 is 1.32 bits per heavy atom. The number of furan rings is 1. The van der Waals surface area contributed by atoms with Crippen LogP contribution in [0.2, 0.25) is 0 Å². The molecule has 1 aromatic carbocycles. The minimum atomic E-state index is -0.477. The van der Waals surface area contributed by atoms with Gasteiger partial charge in [0.25, 0.3) is 5.69 Å². The number of nitrogens with zero attached hydrogens (tertiary/aromatic N) is 3. The van der Waals surface area contributed by atoms with Crippen LogP contribution < -0.4 is 10.1 Å². The van der Waals surface area contributed by atoms with E-state index in [2.05, 4.69) is 10.3 Å². The Kier molecular flexibility index (Phi) is 5.83. The summed E-state index contributed by atoms with van der Waals surface area (Å²) in [6.07, 6.45) is 1.71. The molecule has 0 aliphatic carbocycles. The predicted octanol–water partition coefficient (Wildman–Crippen LogP) is 3.22. The van der Waals surface area contributed by atoms with Crippen molar-refractivity contribution in [2.75, 3.05) is 20.3 Å². The molecule has 0 bridgehead atoms. The number of thiocarbonyl (C=S) groups is 1. The van der Waals surface area contributed by atoms with Crippen molar-refractivity contribution in [1.29, 1.82) is 0 Å². The maximum Gasteiger partial charge on any atom is 0.273 e. The standard InChI is InChI=1S/C21H20N4O5S/c1-29-18-12-13(25(27)28)5-6-14(18)16-7-8-17(30-16)20-19(15-4-2-3-9-22-15)23-21(31)24(20)10-11-26/h2-9,12,19-20,26H,10-11H2,1H3,(H,23,31)/t19-,20-/m1/s1. The van der Waals surface area contributed by atoms with E-state index in [9.17, 15) is 15.2 Å². The molecule has 0 unspecified atom stereocenters. The molecule has 10 heteroatoms. The number of hydrogen-bond donors (Lipinski definition) is 2. The zero-order valence-corrected chi connectivity index (χ0v) is 17.4. The third kappa shape index (κ3) is 3.94. The fourth-order valence-corrected chi connectivity index (χ4v) is 4.05. The molecule has 2 atom stereocenters. The third-order valence-electron chi connectivity index (χ3n) is 5.12. The Labute approximate surface area is 183 Å². The van der Waals surface area contributed by atoms with Crippen molar-refractivity contribution >= 4 is 23.0 Å². The van der Waals surface area contributed by atoms with E-state index >= 15 is 0 Å². The van der Waals surface area contributed by atoms with Gasteiger partial charge in [0.1, 0.15) is 23.3 Å². The fraction of sp³-hybridized carbons (Fsp3) is 0.238. The lowest BCUT2D eigenvalue weighted by atomic mass is 10.0. The first-order chi connectivity index (χ1) is 15.0. The Hall–Kier alpha value is -3.50. The average molecular weight is 440 g/mol. The molecule has 3 aromatic rings. The molecule has 3 heterocycles. The molecule has 2 aromatic heterocycles. The summed E-state index contributed by atoms with van der Waals surface area (Å²) in [6.45, 7) is 0.258. The van der Waals surface area contributed by atoms with Crippen LogP contribution in [0.4, 0.5) is 5.69 Å². The van der Waals surface area contributed by atoms with Crippen LogP contribution in [-0.4, -0.2) is 45.3 Å². The molecule has 1 fully saturated rings. The summed E-state index contributed by atoms with van der Waals surface area (Å²) in [7, 11) is 1.45. The molecule has 1 aliphatic rings. The lowest BCUT2D eigenvalue weighted by Gasteiger charge is -2.25. The van der Waals surface area contributed by atoms with Crippen molar-refractivity contribution in [2.45, 2.75) is 12.1 Å². The van der Waals surface area contributed by atoms with Crippen molar-refractivity contribution in [1.82, 2.24) is 15.2 Å². The van der Waals surface area contributed by atoms with Gasteiger partial charge in [0.15, 0.2) is 5.11 Å². The molecule has 31 heavy (non-hydrogen) atoms. The van der Waals surface area contributed by atoms with E-state index in [-0.39, 0.29) is 24.4 Å². The topological polar surface area (TPSA) is 114 Å². The number of ether oxygens (including phenoxy) is 1. The lowest BCUT2D eigenvalue weighted by Crippen LogP contribution is -2.32. The van der Waals surface area contributed by atoms with Gasteiger partial charge in [-0.3, -0.25) is 15.1 Å². The van der Waals surface area contributed by atoms with Crippen LogP contribution in [0, 0.1) is 10.1 Å². The number of aliphatic hydroxyl groups is 1. The Morgan fingerprint density at radius 2 is 2.16 bits per heavy atom. The second-order valence-corrected chi connectivity index (χ2v) is 7.27. The van der Waals surface area contributed by atoms with Gasteiger partial charge in [-0.25, -0.2) is 0 Å². The number of methoxy groups -OCH3 is 1. The number of rotatable bonds is 7. The molecule has 2 N–H and O–H groups in total. The summed E-state index contributed by atoms with van der Waals surface area (Å²) in [6, 6.07) is 13.0. The molecular weight excluding hydrogens is 420 g/mol. The highest BCUT2D eigenvalue weighted by atomic mass is 32.1. The van der Waals surface area contributed by atoms with Gasteiger partial charge in [0.2, 0.25) is 0 Å². The summed E-state index contributed by atoms with van der Waals surface area (Å²) in [5, 5.41) is 24.4. The first-order valence-electron chi connectivity index (χ1n) is 9.55. The van der Waals surface area contributed by atoms with E-state index in [1.54, 1.807) is 18.3 Å². The van der Waals surface area contributed by atoms with E-state index in [4.69, 9.17) is 21.4 Å². The quantitative estimate of drug-likeness (QED) is 0.325. The van der Waals surface area contributed by atoms with Gasteiger partial charge in [-0.1, -0.05) is 6.07 Å². The highest BCUT2D eigenvalue weighted by Gasteiger charge is 2.41. The summed E-state index contributed by atoms with van der Waals surface area (Å²) in [5.41, 5.74) is 1.32. The van der Waals surface area contributed by atoms with Crippen molar-refractivity contribution < 1.29 is 19.2 Å². The summed E-state index contributed by atoms with van der Waals surface area (Å²) in [5.74, 6) is 1.46. The highest BCUT2D eigenvalue weighted by molar-refractivity contribution is 7.80. The minimum absolute atomic E-state index is 0.0675. The normalized spacial score (nSPS) is 18.1. The smallest absolute Gasteiger partial charge is 0.273 e. The van der Waals surface area contributed by atoms with Gasteiger partial charge < -0.3 is 24.5 Å². The van der Waals surface area contributed by atoms with Crippen molar-refractivity contribution in [2.24, 2.45) is 0 Å². The van der Waals surface area contributed by atoms with Gasteiger partial charge in [-0.15, -0.1) is 0 Å². The molecule has 0 radical (unpaired) electrons. The Bertz CT molecular complexity index is 1100. The second kappa shape index (κ2) is 8.70. The van der Waals surface area contributed by atoms with Crippen LogP contribution in [0.5, 0.6) is 5.75 Å². The van der Waals surface area contributed by atoms with E-state index < -0.39 is 4.92 Å². The number of nitro benzene ring substituents is 1. The number of non-ortho nitro benzene ring substituents is 1. The minimum Gasteiger partial charge on any atom is -0.496 e. The lowest BCUT2D eigenvalue weighted by molar-refractivity contribution is -0.384. The van der Waals surface area contributed by atoms with E-state index in [0.29, 0.717) is 34.5 Å². The molecule has 4 rings (SSSR count). The number of aliphatic hydroxyl groups excluding tert-OH is 1. The zero-order chi connectivity index (χ0) is 22.0. The van der Waals surface area contributed by atoms with E-state index in [1.807, 2.05) is 29.2 Å². The number of nitrogens with one attached hydrogen (secondary N) is 1. The number of pyridine rings is 1. The average Bonchev–Trinajstić information content (AvgIpc) is 3.39. The maximum atomic E-state index is 11.1. The number of benzene rings is 1. The van der Waals surface area contributed by atoms with Gasteiger partial charge in [0, 0.05) is 18.8 Å². The molecule has 1 saturated heterocycles. The highest BCUT2D eigenvalue weighted by Crippen LogP contribution is 2.41. The Balaban J connectivity index is 1.73. The Morgan fingerprint density at radius 3 is 2.84 bits per heavy atom. The molecule has 0 amide bonds. The molecule has 160 valence electrons. The van der Waals surface area contributed by atoms with Crippen LogP contribution >= 0.6 is 12.2 Å². The van der Waals surface area contributed by atoms with Gasteiger partial charge in [0.05, 0.1) is 42.0 Å². The van der Waals surface area contributed by atoms with Gasteiger partial charge in [-0.2, -0.15) is 0 Å². The monoisotopic (exact) mass is 440 g/mol. The largest absolute Gasteiger partial charge is 0.496 e. The molecule has 9 nitrogen and oxygen atoms in total. The number of β-amino-alcohol motifs (C(OH)–C–C–N with tert-alkyl or cyclic N) is 1. The second-order valence-electron chi connectivity index (χ2n) is 6.89. The van der Waals surface area contributed by atoms with Crippen molar-refractivity contribution in [3.63, 3.8) is 0 Å². The number of aromatic nitrogens is 1. The third-order valence-corrected chi connectivity index (χ3v) is 5.47. The van der Waals surface area contributed by atoms with Gasteiger partial charge >= 0.3 is 0 Å². The van der Waals surface area contributed by atoms with Crippen molar-refractivity contribution in [3.8, 4) is 17.1 Å². The van der Waals surface area contributed by atoms with Crippen LogP contribution in [0.3, 0.4) is 0 Å². The van der Waals surface area contributed by atoms with Crippen LogP contribution in [0.25, 0.3) is 11.3 Å². The fourth-order valence-electron chi connectivity index (χ4n) is 3.72. The summed E-state index contributed by atoms with van der Waals surface area (Å²) >= 11 is 5.49. The SMILES string of the molecule is COc1cc([N+](=O)[O-])ccc1-c1ccc([C@@H]2[C@@H](c3ccccn3)NC(=S)N2CCO)o1. The zero-order valence-electron chi connectivity index (χ0n) is 16.6. The first kappa shape index (κ1) is 20.8. The van der Waals surface area contributed by atoms with E-state index in [0.717, 1.165) is 5.69 Å². The molecular formula is C21H20N4O5S. The molecule has 0 saturated carbocycles. The maximum absolute atomic E-state index is 11.1. The number of nitro groups is 1. The number of hydrogen-bond acceptors (Lipinski definition) is 7. The van der Waals surface area contributed by atoms with Crippen LogP contribution in [0.15, 0.2) is 59.1 Å². The summed E-state index contributed by atoms with van der Waals surface area (Å²) < 4.78 is 11.5. The van der Waals surface area contributed by atoms with Gasteiger partial charge in [-0.05, 0) is 42.5 Å². The van der Waals surface area contributed by atoms with Crippen LogP contribution in [0.1, 0.15) is 23.5 Å². The summed E-state index contributed by atoms with van der Waals surface area (Å²) in [4.78, 5) is 16.9. The van der Waals surface area contributed by atoms with Crippen LogP contribution in [-0.2, 0) is 0 Å². The molecule has 1 aliphatic heterocycles. The predicted molar refractivity (Wildman–Crippen MR) is 117 cm³/mol. The van der Waals surface area contributed by atoms with E-state index in [1.165, 1.54) is 19.2 Å². The molecule has 0 spiro atoms. The first-order valence-corrected chi connectivity index (χ1v) is 9.95. The van der Waals surface area contributed by atoms with Crippen molar-refractivity contribution in [3.05, 3.63) is 76.3 Å².